The Labute approximate surface area is 141 Å². The van der Waals surface area contributed by atoms with Crippen LogP contribution < -0.4 is 0 Å². The molecule has 0 saturated carbocycles. The predicted octanol–water partition coefficient (Wildman–Crippen LogP) is 3.51. The molecule has 0 aromatic carbocycles. The number of aromatic nitrogens is 2. The summed E-state index contributed by atoms with van der Waals surface area (Å²) in [6, 6.07) is 6.27. The van der Waals surface area contributed by atoms with Crippen molar-refractivity contribution in [3.8, 4) is 0 Å². The van der Waals surface area contributed by atoms with E-state index in [1.807, 2.05) is 0 Å². The van der Waals surface area contributed by atoms with Crippen LogP contribution in [0.1, 0.15) is 41.0 Å². The molecule has 4 rings (SSSR count). The molecule has 3 atom stereocenters. The predicted molar refractivity (Wildman–Crippen MR) is 91.4 cm³/mol. The van der Waals surface area contributed by atoms with Crippen LogP contribution >= 0.6 is 11.3 Å². The lowest BCUT2D eigenvalue weighted by Crippen LogP contribution is -2.41. The minimum atomic E-state index is 0.209. The first-order chi connectivity index (χ1) is 11.2. The van der Waals surface area contributed by atoms with E-state index in [-0.39, 0.29) is 6.10 Å². The largest absolute Gasteiger partial charge is 0.366 e. The first-order valence-corrected chi connectivity index (χ1v) is 9.28. The summed E-state index contributed by atoms with van der Waals surface area (Å²) in [5.41, 5.74) is 3.36. The van der Waals surface area contributed by atoms with E-state index < -0.39 is 0 Å². The second-order valence-electron chi connectivity index (χ2n) is 6.78. The van der Waals surface area contributed by atoms with Gasteiger partial charge in [0.15, 0.2) is 0 Å². The molecule has 23 heavy (non-hydrogen) atoms. The third-order valence-corrected chi connectivity index (χ3v) is 5.93. The number of thiazole rings is 1. The van der Waals surface area contributed by atoms with Crippen LogP contribution in [0.25, 0.3) is 0 Å². The van der Waals surface area contributed by atoms with E-state index in [2.05, 4.69) is 52.3 Å². The highest BCUT2D eigenvalue weighted by atomic mass is 32.1. The molecule has 2 aromatic rings. The number of nitrogens with zero attached hydrogens (tertiary/aromatic N) is 3. The number of hydrogen-bond donors (Lipinski definition) is 0. The van der Waals surface area contributed by atoms with Gasteiger partial charge in [0, 0.05) is 29.9 Å². The summed E-state index contributed by atoms with van der Waals surface area (Å²) < 4.78 is 6.34. The fourth-order valence-electron chi connectivity index (χ4n) is 3.73. The maximum absolute atomic E-state index is 6.34. The van der Waals surface area contributed by atoms with Gasteiger partial charge in [-0.3, -0.25) is 9.88 Å². The molecule has 2 aromatic heterocycles. The molecule has 0 aliphatic carbocycles. The molecule has 2 aliphatic rings. The van der Waals surface area contributed by atoms with E-state index in [9.17, 15) is 0 Å². The van der Waals surface area contributed by atoms with Crippen molar-refractivity contribution >= 4 is 11.3 Å². The van der Waals surface area contributed by atoms with Crippen LogP contribution in [0.15, 0.2) is 23.6 Å². The van der Waals surface area contributed by atoms with Gasteiger partial charge < -0.3 is 4.74 Å². The fourth-order valence-corrected chi connectivity index (χ4v) is 4.58. The number of piperidine rings is 1. The molecule has 0 amide bonds. The zero-order valence-corrected chi connectivity index (χ0v) is 14.6. The first-order valence-electron chi connectivity index (χ1n) is 8.40. The topological polar surface area (TPSA) is 38.2 Å². The van der Waals surface area contributed by atoms with Gasteiger partial charge in [0.25, 0.3) is 0 Å². The number of ether oxygens (including phenoxy) is 1. The smallest absolute Gasteiger partial charge is 0.122 e. The molecular formula is C18H23N3OS. The average Bonchev–Trinajstić information content (AvgIpc) is 3.12. The average molecular weight is 329 g/mol. The maximum Gasteiger partial charge on any atom is 0.122 e. The molecule has 0 unspecified atom stereocenters. The SMILES string of the molecule is Cc1cccc(CN2CC[C@@H]3C[C@@H](c4nc(C)cs4)O[C@H]3C2)n1. The van der Waals surface area contributed by atoms with Crippen LogP contribution in [0.4, 0.5) is 0 Å². The Bertz CT molecular complexity index is 686. The molecule has 0 bridgehead atoms. The molecule has 2 fully saturated rings. The summed E-state index contributed by atoms with van der Waals surface area (Å²) in [7, 11) is 0. The van der Waals surface area contributed by atoms with Gasteiger partial charge in [-0.25, -0.2) is 4.98 Å². The monoisotopic (exact) mass is 329 g/mol. The highest BCUT2D eigenvalue weighted by Gasteiger charge is 2.40. The van der Waals surface area contributed by atoms with Crippen molar-refractivity contribution in [2.75, 3.05) is 13.1 Å². The second kappa shape index (κ2) is 6.30. The van der Waals surface area contributed by atoms with Crippen LogP contribution in [-0.2, 0) is 11.3 Å². The highest BCUT2D eigenvalue weighted by Crippen LogP contribution is 2.41. The van der Waals surface area contributed by atoms with Crippen LogP contribution in [-0.4, -0.2) is 34.1 Å². The van der Waals surface area contributed by atoms with Gasteiger partial charge in [-0.05, 0) is 51.3 Å². The molecular weight excluding hydrogens is 306 g/mol. The normalized spacial score (nSPS) is 28.0. The van der Waals surface area contributed by atoms with Crippen LogP contribution in [0.2, 0.25) is 0 Å². The van der Waals surface area contributed by atoms with Crippen molar-refractivity contribution in [1.29, 1.82) is 0 Å². The molecule has 0 N–H and O–H groups in total. The minimum absolute atomic E-state index is 0.209. The van der Waals surface area contributed by atoms with Crippen LogP contribution in [0.3, 0.4) is 0 Å². The van der Waals surface area contributed by atoms with E-state index in [4.69, 9.17) is 4.74 Å². The van der Waals surface area contributed by atoms with Gasteiger partial charge in [0.05, 0.1) is 11.8 Å². The molecule has 2 aliphatic heterocycles. The Kier molecular flexibility index (Phi) is 4.18. The van der Waals surface area contributed by atoms with Crippen molar-refractivity contribution in [3.63, 3.8) is 0 Å². The van der Waals surface area contributed by atoms with Crippen molar-refractivity contribution in [1.82, 2.24) is 14.9 Å². The standard InChI is InChI=1S/C18H23N3OS/c1-12-4-3-5-15(19-12)9-21-7-6-14-8-16(22-17(14)10-21)18-20-13(2)11-23-18/h3-5,11,14,16-17H,6-10H2,1-2H3/t14-,16+,17+/m1/s1. The molecule has 5 heteroatoms. The Morgan fingerprint density at radius 2 is 2.17 bits per heavy atom. The number of hydrogen-bond acceptors (Lipinski definition) is 5. The van der Waals surface area contributed by atoms with E-state index >= 15 is 0 Å². The Balaban J connectivity index is 1.39. The lowest BCUT2D eigenvalue weighted by Gasteiger charge is -2.33. The lowest BCUT2D eigenvalue weighted by molar-refractivity contribution is -0.00969. The summed E-state index contributed by atoms with van der Waals surface area (Å²) in [6.45, 7) is 7.19. The van der Waals surface area contributed by atoms with Crippen LogP contribution in [0.5, 0.6) is 0 Å². The van der Waals surface area contributed by atoms with E-state index in [1.54, 1.807) is 11.3 Å². The number of pyridine rings is 1. The second-order valence-corrected chi connectivity index (χ2v) is 7.67. The quantitative estimate of drug-likeness (QED) is 0.864. The molecule has 0 spiro atoms. The summed E-state index contributed by atoms with van der Waals surface area (Å²) in [6.07, 6.45) is 2.91. The fraction of sp³-hybridized carbons (Fsp3) is 0.556. The van der Waals surface area contributed by atoms with E-state index in [0.29, 0.717) is 12.0 Å². The van der Waals surface area contributed by atoms with Crippen molar-refractivity contribution in [2.45, 2.75) is 45.4 Å². The van der Waals surface area contributed by atoms with E-state index in [1.165, 1.54) is 6.42 Å². The first kappa shape index (κ1) is 15.2. The van der Waals surface area contributed by atoms with Crippen LogP contribution in [0, 0.1) is 19.8 Å². The number of fused-ring (bicyclic) bond motifs is 1. The molecule has 2 saturated heterocycles. The number of likely N-dealkylation sites (tertiary alicyclic amines) is 1. The third-order valence-electron chi connectivity index (χ3n) is 4.88. The minimum Gasteiger partial charge on any atom is -0.366 e. The Hall–Kier alpha value is -1.30. The summed E-state index contributed by atoms with van der Waals surface area (Å²) in [5.74, 6) is 0.686. The van der Waals surface area contributed by atoms with Crippen molar-refractivity contribution in [2.24, 2.45) is 5.92 Å². The number of rotatable bonds is 3. The molecule has 4 nitrogen and oxygen atoms in total. The Morgan fingerprint density at radius 3 is 2.96 bits per heavy atom. The third kappa shape index (κ3) is 3.32. The van der Waals surface area contributed by atoms with Gasteiger partial charge in [0.1, 0.15) is 11.1 Å². The molecule has 0 radical (unpaired) electrons. The van der Waals surface area contributed by atoms with Gasteiger partial charge in [0.2, 0.25) is 0 Å². The zero-order chi connectivity index (χ0) is 15.8. The van der Waals surface area contributed by atoms with Gasteiger partial charge in [-0.2, -0.15) is 0 Å². The highest BCUT2D eigenvalue weighted by molar-refractivity contribution is 7.09. The van der Waals surface area contributed by atoms with E-state index in [0.717, 1.165) is 48.1 Å². The molecule has 122 valence electrons. The summed E-state index contributed by atoms with van der Waals surface area (Å²) >= 11 is 1.74. The maximum atomic E-state index is 6.34. The van der Waals surface area contributed by atoms with Crippen molar-refractivity contribution < 1.29 is 4.74 Å². The van der Waals surface area contributed by atoms with Gasteiger partial charge in [-0.1, -0.05) is 6.07 Å². The Morgan fingerprint density at radius 1 is 1.26 bits per heavy atom. The van der Waals surface area contributed by atoms with Gasteiger partial charge >= 0.3 is 0 Å². The zero-order valence-electron chi connectivity index (χ0n) is 13.7. The summed E-state index contributed by atoms with van der Waals surface area (Å²) in [4.78, 5) is 11.7. The summed E-state index contributed by atoms with van der Waals surface area (Å²) in [5, 5.41) is 3.28. The van der Waals surface area contributed by atoms with Crippen molar-refractivity contribution in [3.05, 3.63) is 45.7 Å². The number of aryl methyl sites for hydroxylation is 2. The molecule has 4 heterocycles. The lowest BCUT2D eigenvalue weighted by atomic mass is 9.92. The van der Waals surface area contributed by atoms with Gasteiger partial charge in [-0.15, -0.1) is 11.3 Å².